The minimum atomic E-state index is -0.472. The molecule has 4 nitrogen and oxygen atoms in total. The minimum absolute atomic E-state index is 0.0674. The molecule has 1 aliphatic carbocycles. The quantitative estimate of drug-likeness (QED) is 0.503. The van der Waals surface area contributed by atoms with Crippen LogP contribution in [0, 0.1) is 5.92 Å². The van der Waals surface area contributed by atoms with E-state index in [1.807, 2.05) is 13.0 Å². The van der Waals surface area contributed by atoms with Gasteiger partial charge < -0.3 is 10.4 Å². The number of dihydropyridines is 1. The van der Waals surface area contributed by atoms with Gasteiger partial charge in [-0.15, -0.1) is 6.04 Å². The summed E-state index contributed by atoms with van der Waals surface area (Å²) in [5.74, 6) is -0.915. The fourth-order valence-corrected chi connectivity index (χ4v) is 2.95. The van der Waals surface area contributed by atoms with Crippen LogP contribution in [0.1, 0.15) is 26.7 Å². The molecule has 1 fully saturated rings. The maximum atomic E-state index is 12.1. The fourth-order valence-electron chi connectivity index (χ4n) is 2.95. The van der Waals surface area contributed by atoms with Crippen molar-refractivity contribution in [3.8, 4) is 0 Å². The molecule has 0 aromatic rings. The van der Waals surface area contributed by atoms with Crippen molar-refractivity contribution in [3.05, 3.63) is 28.8 Å². The standard InChI is InChI=1S/C14H17N2O2.2ClH.Pt/c1-7-3-5-9-11(15-7)12-10(14(18)13(9)17)6-4-8(2)16-12;;;/h3,5,7-8,10,12,17H,4,6H2,1-2H3;2*1H;/q-1;;;+4/p-3. The SMILES string of the molecule is CC1C=CC2=C([O-])C(=O)C3CCC(C)[N-]C3C2=N1.[Cl][Pt+2][Cl]. The first-order valence-corrected chi connectivity index (χ1v) is 12.4. The predicted octanol–water partition coefficient (Wildman–Crippen LogP) is 2.50. The van der Waals surface area contributed by atoms with Gasteiger partial charge in [-0.05, 0) is 18.9 Å². The number of rotatable bonds is 0. The van der Waals surface area contributed by atoms with Gasteiger partial charge in [0.2, 0.25) is 0 Å². The van der Waals surface area contributed by atoms with Crippen LogP contribution in [0.4, 0.5) is 0 Å². The Morgan fingerprint density at radius 1 is 1.38 bits per heavy atom. The van der Waals surface area contributed by atoms with Gasteiger partial charge in [-0.1, -0.05) is 37.3 Å². The summed E-state index contributed by atoms with van der Waals surface area (Å²) in [6.07, 6.45) is 5.24. The van der Waals surface area contributed by atoms with Crippen molar-refractivity contribution in [1.29, 1.82) is 0 Å². The van der Waals surface area contributed by atoms with Crippen molar-refractivity contribution in [3.63, 3.8) is 0 Å². The van der Waals surface area contributed by atoms with E-state index in [0.29, 0.717) is 5.57 Å². The van der Waals surface area contributed by atoms with Crippen LogP contribution in [-0.2, 0) is 21.3 Å². The van der Waals surface area contributed by atoms with E-state index < -0.39 is 16.5 Å². The monoisotopic (exact) mass is 509 g/mol. The molecule has 0 aromatic carbocycles. The molecule has 0 bridgehead atoms. The van der Waals surface area contributed by atoms with Gasteiger partial charge in [-0.3, -0.25) is 9.79 Å². The fraction of sp³-hybridized carbons (Fsp3) is 0.571. The molecule has 3 aliphatic rings. The Morgan fingerprint density at radius 3 is 2.71 bits per heavy atom. The van der Waals surface area contributed by atoms with Crippen LogP contribution in [-0.4, -0.2) is 29.6 Å². The van der Waals surface area contributed by atoms with E-state index in [-0.39, 0.29) is 35.6 Å². The zero-order chi connectivity index (χ0) is 15.6. The molecule has 2 heterocycles. The first kappa shape index (κ1) is 17.2. The summed E-state index contributed by atoms with van der Waals surface area (Å²) in [6.45, 7) is 4.03. The summed E-state index contributed by atoms with van der Waals surface area (Å²) in [5.41, 5.74) is 1.21. The molecule has 0 saturated carbocycles. The average Bonchev–Trinajstić information content (AvgIpc) is 2.45. The Balaban J connectivity index is 0.000000497. The van der Waals surface area contributed by atoms with Crippen molar-refractivity contribution in [2.75, 3.05) is 0 Å². The number of ketones is 1. The van der Waals surface area contributed by atoms with E-state index in [1.54, 1.807) is 6.08 Å². The Labute approximate surface area is 141 Å². The van der Waals surface area contributed by atoms with Crippen molar-refractivity contribution < 1.29 is 26.4 Å². The second-order valence-corrected chi connectivity index (χ2v) is 8.68. The summed E-state index contributed by atoms with van der Waals surface area (Å²) in [7, 11) is 9.75. The molecule has 0 radical (unpaired) electrons. The van der Waals surface area contributed by atoms with E-state index in [2.05, 4.69) is 17.2 Å². The third kappa shape index (κ3) is 3.61. The molecule has 0 aromatic heterocycles. The van der Waals surface area contributed by atoms with Crippen LogP contribution in [0.3, 0.4) is 0 Å². The summed E-state index contributed by atoms with van der Waals surface area (Å²) in [4.78, 5) is 16.6. The van der Waals surface area contributed by atoms with Crippen molar-refractivity contribution in [2.24, 2.45) is 10.9 Å². The van der Waals surface area contributed by atoms with Gasteiger partial charge >= 0.3 is 35.3 Å². The molecular formula is C14H16Cl2N2O2Pt. The van der Waals surface area contributed by atoms with E-state index >= 15 is 0 Å². The van der Waals surface area contributed by atoms with Crippen LogP contribution in [0.15, 0.2) is 28.5 Å². The molecule has 7 heteroatoms. The second-order valence-electron chi connectivity index (χ2n) is 5.39. The van der Waals surface area contributed by atoms with Crippen molar-refractivity contribution in [1.82, 2.24) is 0 Å². The number of allylic oxidation sites excluding steroid dienone is 2. The summed E-state index contributed by atoms with van der Waals surface area (Å²) < 4.78 is 0. The zero-order valence-corrected chi connectivity index (χ0v) is 15.4. The number of carbonyl (C=O) groups is 1. The first-order valence-electron chi connectivity index (χ1n) is 6.73. The third-order valence-electron chi connectivity index (χ3n) is 3.94. The summed E-state index contributed by atoms with van der Waals surface area (Å²) in [5, 5.41) is 16.7. The number of Topliss-reactive ketones (excluding diaryl/α,β-unsaturated/α-hetero) is 1. The molecule has 0 spiro atoms. The Hall–Kier alpha value is -0.152. The van der Waals surface area contributed by atoms with Crippen LogP contribution in [0.5, 0.6) is 0 Å². The number of hydrogen-bond acceptors (Lipinski definition) is 3. The second kappa shape index (κ2) is 7.41. The number of hydrogen-bond donors (Lipinski definition) is 0. The van der Waals surface area contributed by atoms with Gasteiger partial charge in [-0.2, -0.15) is 0 Å². The number of nitrogens with zero attached hydrogens (tertiary/aromatic N) is 2. The van der Waals surface area contributed by atoms with Crippen molar-refractivity contribution >= 4 is 30.3 Å². The Bertz CT molecular complexity index is 519. The van der Waals surface area contributed by atoms with Crippen LogP contribution in [0.25, 0.3) is 5.32 Å². The van der Waals surface area contributed by atoms with E-state index in [0.717, 1.165) is 18.6 Å². The van der Waals surface area contributed by atoms with E-state index in [4.69, 9.17) is 18.8 Å². The molecule has 1 saturated heterocycles. The van der Waals surface area contributed by atoms with Gasteiger partial charge in [0.15, 0.2) is 5.78 Å². The molecule has 2 aliphatic heterocycles. The number of piperidine rings is 1. The number of aliphatic imine (C=N–C) groups is 1. The van der Waals surface area contributed by atoms with Crippen LogP contribution < -0.4 is 5.11 Å². The molecule has 4 atom stereocenters. The number of halogens is 2. The normalized spacial score (nSPS) is 34.7. The maximum absolute atomic E-state index is 12.1. The number of carbonyl (C=O) groups excluding carboxylic acids is 1. The Morgan fingerprint density at radius 2 is 2.05 bits per heavy atom. The van der Waals surface area contributed by atoms with Gasteiger partial charge in [0.25, 0.3) is 0 Å². The topological polar surface area (TPSA) is 66.6 Å². The predicted molar refractivity (Wildman–Crippen MR) is 79.1 cm³/mol. The van der Waals surface area contributed by atoms with Crippen molar-refractivity contribution in [2.45, 2.75) is 44.8 Å². The third-order valence-corrected chi connectivity index (χ3v) is 3.94. The van der Waals surface area contributed by atoms with Gasteiger partial charge in [0, 0.05) is 11.6 Å². The van der Waals surface area contributed by atoms with Gasteiger partial charge in [0.05, 0.1) is 6.04 Å². The molecular weight excluding hydrogens is 494 g/mol. The number of fused-ring (bicyclic) bond motifs is 3. The van der Waals surface area contributed by atoms with Gasteiger partial charge in [0.1, 0.15) is 0 Å². The first-order chi connectivity index (χ1) is 9.99. The molecule has 21 heavy (non-hydrogen) atoms. The van der Waals surface area contributed by atoms with E-state index in [1.165, 1.54) is 0 Å². The van der Waals surface area contributed by atoms with Gasteiger partial charge in [-0.25, -0.2) is 0 Å². The molecule has 0 amide bonds. The van der Waals surface area contributed by atoms with Crippen LogP contribution in [0.2, 0.25) is 0 Å². The van der Waals surface area contributed by atoms with E-state index in [9.17, 15) is 9.90 Å². The molecule has 4 unspecified atom stereocenters. The average molecular weight is 510 g/mol. The molecule has 0 N–H and O–H groups in total. The molecule has 3 rings (SSSR count). The summed E-state index contributed by atoms with van der Waals surface area (Å²) >= 11 is -0.472. The Kier molecular flexibility index (Phi) is 6.07. The molecule has 118 valence electrons. The van der Waals surface area contributed by atoms with Crippen LogP contribution >= 0.6 is 18.8 Å². The summed E-state index contributed by atoms with van der Waals surface area (Å²) in [6, 6.07) is 0.122. The zero-order valence-electron chi connectivity index (χ0n) is 11.7.